The Morgan fingerprint density at radius 2 is 1.80 bits per heavy atom. The number of quaternary nitrogens is 1. The summed E-state index contributed by atoms with van der Waals surface area (Å²) in [7, 11) is 0. The number of rotatable bonds is 6. The predicted molar refractivity (Wildman–Crippen MR) is 99.8 cm³/mol. The molecule has 0 spiro atoms. The molecule has 0 unspecified atom stereocenters. The fourth-order valence-corrected chi connectivity index (χ4v) is 3.43. The molecule has 1 saturated carbocycles. The number of nitrogens with two attached hydrogens (primary N) is 1. The quantitative estimate of drug-likeness (QED) is 0.845. The van der Waals surface area contributed by atoms with Crippen molar-refractivity contribution in [2.75, 3.05) is 11.9 Å². The van der Waals surface area contributed by atoms with Crippen LogP contribution in [-0.2, 0) is 4.79 Å². The largest absolute Gasteiger partial charge is 0.455 e. The summed E-state index contributed by atoms with van der Waals surface area (Å²) in [5, 5.41) is 5.18. The highest BCUT2D eigenvalue weighted by Gasteiger charge is 2.24. The van der Waals surface area contributed by atoms with Crippen molar-refractivity contribution in [2.45, 2.75) is 38.6 Å². The van der Waals surface area contributed by atoms with Gasteiger partial charge in [-0.2, -0.15) is 0 Å². The Hall–Kier alpha value is -2.33. The topological polar surface area (TPSA) is 54.9 Å². The molecule has 2 aromatic carbocycles. The first-order valence-electron chi connectivity index (χ1n) is 9.17. The molecule has 0 aliphatic heterocycles. The average Bonchev–Trinajstić information content (AvgIpc) is 2.64. The van der Waals surface area contributed by atoms with E-state index in [-0.39, 0.29) is 5.91 Å². The summed E-state index contributed by atoms with van der Waals surface area (Å²) in [6.45, 7) is 2.75. The van der Waals surface area contributed by atoms with Gasteiger partial charge >= 0.3 is 0 Å². The fourth-order valence-electron chi connectivity index (χ4n) is 3.43. The molecule has 3 N–H and O–H groups in total. The van der Waals surface area contributed by atoms with Crippen molar-refractivity contribution in [3.05, 3.63) is 54.6 Å². The molecular formula is C21H27N2O2+. The maximum atomic E-state index is 12.4. The molecule has 0 saturated heterocycles. The standard InChI is InChI=1S/C21H26N2O2/c1-16-9-5-6-12-18(16)22-15-21(24)23-19-13-7-8-14-20(19)25-17-10-3-2-4-11-17/h2-4,7-8,10-11,13-14,16,18,22H,5-6,9,12,15H2,1H3,(H,23,24)/p+1/t16-,18+/m0/s1. The van der Waals surface area contributed by atoms with Crippen LogP contribution in [0.3, 0.4) is 0 Å². The van der Waals surface area contributed by atoms with E-state index in [2.05, 4.69) is 17.6 Å². The Balaban J connectivity index is 1.57. The monoisotopic (exact) mass is 339 g/mol. The van der Waals surface area contributed by atoms with E-state index in [1.807, 2.05) is 54.6 Å². The number of ether oxygens (including phenoxy) is 1. The molecule has 0 heterocycles. The summed E-state index contributed by atoms with van der Waals surface area (Å²) in [4.78, 5) is 12.4. The van der Waals surface area contributed by atoms with Crippen molar-refractivity contribution in [3.8, 4) is 11.5 Å². The maximum absolute atomic E-state index is 12.4. The summed E-state index contributed by atoms with van der Waals surface area (Å²) in [6.07, 6.45) is 5.08. The van der Waals surface area contributed by atoms with Gasteiger partial charge in [0.2, 0.25) is 0 Å². The van der Waals surface area contributed by atoms with Crippen LogP contribution in [0.2, 0.25) is 0 Å². The molecule has 0 bridgehead atoms. The predicted octanol–water partition coefficient (Wildman–Crippen LogP) is 3.56. The second-order valence-electron chi connectivity index (χ2n) is 6.82. The molecule has 1 aliphatic rings. The molecule has 2 atom stereocenters. The lowest BCUT2D eigenvalue weighted by molar-refractivity contribution is -0.687. The molecule has 2 aromatic rings. The molecule has 3 rings (SSSR count). The van der Waals surface area contributed by atoms with Crippen molar-refractivity contribution in [1.82, 2.24) is 0 Å². The van der Waals surface area contributed by atoms with Crippen LogP contribution in [0, 0.1) is 5.92 Å². The molecule has 25 heavy (non-hydrogen) atoms. The van der Waals surface area contributed by atoms with Gasteiger partial charge in [-0.1, -0.05) is 43.7 Å². The fraction of sp³-hybridized carbons (Fsp3) is 0.381. The Morgan fingerprint density at radius 1 is 1.08 bits per heavy atom. The van der Waals surface area contributed by atoms with E-state index >= 15 is 0 Å². The first kappa shape index (κ1) is 17.5. The summed E-state index contributed by atoms with van der Waals surface area (Å²) in [6, 6.07) is 17.7. The van der Waals surface area contributed by atoms with Crippen LogP contribution in [0.4, 0.5) is 5.69 Å². The van der Waals surface area contributed by atoms with E-state index in [0.717, 1.165) is 5.75 Å². The minimum atomic E-state index is 0.0156. The van der Waals surface area contributed by atoms with Gasteiger partial charge in [-0.05, 0) is 43.5 Å². The lowest BCUT2D eigenvalue weighted by Gasteiger charge is -2.26. The SMILES string of the molecule is C[C@H]1CCCC[C@H]1[NH2+]CC(=O)Nc1ccccc1Oc1ccccc1. The van der Waals surface area contributed by atoms with E-state index in [0.29, 0.717) is 29.9 Å². The molecule has 0 aromatic heterocycles. The van der Waals surface area contributed by atoms with Gasteiger partial charge in [0.25, 0.3) is 5.91 Å². The normalized spacial score (nSPS) is 20.0. The zero-order valence-corrected chi connectivity index (χ0v) is 14.8. The summed E-state index contributed by atoms with van der Waals surface area (Å²) >= 11 is 0. The number of para-hydroxylation sites is 3. The van der Waals surface area contributed by atoms with Crippen molar-refractivity contribution in [2.24, 2.45) is 5.92 Å². The van der Waals surface area contributed by atoms with Crippen molar-refractivity contribution < 1.29 is 14.8 Å². The Kier molecular flexibility index (Phi) is 6.07. The maximum Gasteiger partial charge on any atom is 0.279 e. The second-order valence-corrected chi connectivity index (χ2v) is 6.82. The van der Waals surface area contributed by atoms with E-state index in [4.69, 9.17) is 4.74 Å². The third-order valence-electron chi connectivity index (χ3n) is 4.92. The van der Waals surface area contributed by atoms with Crippen molar-refractivity contribution in [3.63, 3.8) is 0 Å². The number of hydrogen-bond donors (Lipinski definition) is 2. The van der Waals surface area contributed by atoms with Gasteiger partial charge < -0.3 is 15.4 Å². The Morgan fingerprint density at radius 3 is 2.60 bits per heavy atom. The molecule has 132 valence electrons. The molecular weight excluding hydrogens is 312 g/mol. The van der Waals surface area contributed by atoms with Crippen LogP contribution >= 0.6 is 0 Å². The van der Waals surface area contributed by atoms with E-state index in [1.54, 1.807) is 0 Å². The molecule has 1 amide bonds. The molecule has 1 fully saturated rings. The number of carbonyl (C=O) groups is 1. The van der Waals surface area contributed by atoms with Crippen LogP contribution in [0.5, 0.6) is 11.5 Å². The number of carbonyl (C=O) groups excluding carboxylic acids is 1. The average molecular weight is 339 g/mol. The highest BCUT2D eigenvalue weighted by molar-refractivity contribution is 5.92. The zero-order chi connectivity index (χ0) is 17.5. The first-order valence-corrected chi connectivity index (χ1v) is 9.17. The highest BCUT2D eigenvalue weighted by atomic mass is 16.5. The number of benzene rings is 2. The lowest BCUT2D eigenvalue weighted by Crippen LogP contribution is -2.93. The first-order chi connectivity index (χ1) is 12.2. The van der Waals surface area contributed by atoms with Gasteiger partial charge in [0.05, 0.1) is 11.7 Å². The van der Waals surface area contributed by atoms with Crippen LogP contribution in [0.1, 0.15) is 32.6 Å². The molecule has 4 nitrogen and oxygen atoms in total. The number of anilines is 1. The highest BCUT2D eigenvalue weighted by Crippen LogP contribution is 2.29. The van der Waals surface area contributed by atoms with Crippen molar-refractivity contribution in [1.29, 1.82) is 0 Å². The number of nitrogens with one attached hydrogen (secondary N) is 1. The molecule has 4 heteroatoms. The van der Waals surface area contributed by atoms with Crippen LogP contribution < -0.4 is 15.4 Å². The minimum Gasteiger partial charge on any atom is -0.455 e. The van der Waals surface area contributed by atoms with Gasteiger partial charge in [0.15, 0.2) is 12.3 Å². The minimum absolute atomic E-state index is 0.0156. The zero-order valence-electron chi connectivity index (χ0n) is 14.8. The van der Waals surface area contributed by atoms with Gasteiger partial charge in [-0.15, -0.1) is 0 Å². The number of hydrogen-bond acceptors (Lipinski definition) is 2. The number of amides is 1. The smallest absolute Gasteiger partial charge is 0.279 e. The third-order valence-corrected chi connectivity index (χ3v) is 4.92. The van der Waals surface area contributed by atoms with Crippen LogP contribution in [0.25, 0.3) is 0 Å². The lowest BCUT2D eigenvalue weighted by atomic mass is 9.86. The summed E-state index contributed by atoms with van der Waals surface area (Å²) < 4.78 is 5.90. The van der Waals surface area contributed by atoms with E-state index in [1.165, 1.54) is 25.7 Å². The van der Waals surface area contributed by atoms with Gasteiger partial charge in [-0.25, -0.2) is 0 Å². The molecule has 1 aliphatic carbocycles. The summed E-state index contributed by atoms with van der Waals surface area (Å²) in [5.74, 6) is 2.12. The summed E-state index contributed by atoms with van der Waals surface area (Å²) in [5.41, 5.74) is 0.710. The Bertz CT molecular complexity index is 687. The van der Waals surface area contributed by atoms with E-state index in [9.17, 15) is 4.79 Å². The third kappa shape index (κ3) is 5.07. The second kappa shape index (κ2) is 8.67. The van der Waals surface area contributed by atoms with Gasteiger partial charge in [0, 0.05) is 5.92 Å². The Labute approximate surface area is 149 Å². The van der Waals surface area contributed by atoms with Gasteiger partial charge in [0.1, 0.15) is 5.75 Å². The van der Waals surface area contributed by atoms with Crippen molar-refractivity contribution >= 4 is 11.6 Å². The van der Waals surface area contributed by atoms with Crippen LogP contribution in [0.15, 0.2) is 54.6 Å². The van der Waals surface area contributed by atoms with E-state index < -0.39 is 0 Å². The molecule has 0 radical (unpaired) electrons. The van der Waals surface area contributed by atoms with Crippen LogP contribution in [-0.4, -0.2) is 18.5 Å². The van der Waals surface area contributed by atoms with Gasteiger partial charge in [-0.3, -0.25) is 4.79 Å².